The molecular formula is C17H18N6O3. The standard InChI is InChI=1S/C17H18N6O3/c24-15(20-17-18-12-3-1-2-4-13(12)19-17)11-23-16(25)6-5-14(21-23)22-7-9-26-10-8-22/h1-6H,7-11H2,(H2,18,19,20,24). The van der Waals surface area contributed by atoms with Crippen LogP contribution < -0.4 is 15.8 Å². The number of nitrogens with one attached hydrogen (secondary N) is 2. The summed E-state index contributed by atoms with van der Waals surface area (Å²) in [6, 6.07) is 10.6. The molecule has 0 spiro atoms. The van der Waals surface area contributed by atoms with Gasteiger partial charge in [0.15, 0.2) is 0 Å². The number of anilines is 2. The SMILES string of the molecule is O=C(Cn1nc(N2CCOCC2)ccc1=O)Nc1nc2ccccc2[nH]1. The van der Waals surface area contributed by atoms with Crippen molar-refractivity contribution >= 4 is 28.7 Å². The molecule has 9 heteroatoms. The van der Waals surface area contributed by atoms with Crippen molar-refractivity contribution in [2.45, 2.75) is 6.54 Å². The average Bonchev–Trinajstić information content (AvgIpc) is 3.06. The van der Waals surface area contributed by atoms with Crippen LogP contribution in [0.15, 0.2) is 41.2 Å². The van der Waals surface area contributed by atoms with Crippen LogP contribution in [0.1, 0.15) is 0 Å². The maximum atomic E-state index is 12.3. The fourth-order valence-electron chi connectivity index (χ4n) is 2.83. The van der Waals surface area contributed by atoms with E-state index in [0.29, 0.717) is 38.1 Å². The summed E-state index contributed by atoms with van der Waals surface area (Å²) >= 11 is 0. The number of aromatic amines is 1. The second kappa shape index (κ2) is 6.96. The molecule has 2 aromatic heterocycles. The van der Waals surface area contributed by atoms with Crippen LogP contribution in [0, 0.1) is 0 Å². The Balaban J connectivity index is 1.48. The first-order valence-corrected chi connectivity index (χ1v) is 8.34. The van der Waals surface area contributed by atoms with E-state index >= 15 is 0 Å². The van der Waals surface area contributed by atoms with Crippen LogP contribution in [0.5, 0.6) is 0 Å². The zero-order chi connectivity index (χ0) is 17.9. The van der Waals surface area contributed by atoms with E-state index in [4.69, 9.17) is 4.74 Å². The predicted molar refractivity (Wildman–Crippen MR) is 96.3 cm³/mol. The number of imidazole rings is 1. The fraction of sp³-hybridized carbons (Fsp3) is 0.294. The molecule has 1 saturated heterocycles. The Kier molecular flexibility index (Phi) is 4.36. The van der Waals surface area contributed by atoms with Gasteiger partial charge in [-0.15, -0.1) is 0 Å². The first kappa shape index (κ1) is 16.3. The molecule has 0 atom stereocenters. The van der Waals surface area contributed by atoms with E-state index in [2.05, 4.69) is 20.4 Å². The minimum atomic E-state index is -0.377. The van der Waals surface area contributed by atoms with Gasteiger partial charge in [-0.1, -0.05) is 12.1 Å². The van der Waals surface area contributed by atoms with Crippen molar-refractivity contribution in [2.24, 2.45) is 0 Å². The number of carbonyl (C=O) groups is 1. The molecular weight excluding hydrogens is 336 g/mol. The number of para-hydroxylation sites is 2. The van der Waals surface area contributed by atoms with Crippen LogP contribution in [0.2, 0.25) is 0 Å². The lowest BCUT2D eigenvalue weighted by Crippen LogP contribution is -2.38. The first-order valence-electron chi connectivity index (χ1n) is 8.34. The number of morpholine rings is 1. The summed E-state index contributed by atoms with van der Waals surface area (Å²) < 4.78 is 6.47. The fourth-order valence-corrected chi connectivity index (χ4v) is 2.83. The van der Waals surface area contributed by atoms with Crippen molar-refractivity contribution in [1.29, 1.82) is 0 Å². The molecule has 3 aromatic rings. The van der Waals surface area contributed by atoms with Crippen LogP contribution in [0.3, 0.4) is 0 Å². The highest BCUT2D eigenvalue weighted by molar-refractivity contribution is 5.90. The Hall–Kier alpha value is -3.20. The van der Waals surface area contributed by atoms with Gasteiger partial charge in [0.05, 0.1) is 24.2 Å². The lowest BCUT2D eigenvalue weighted by atomic mass is 10.3. The largest absolute Gasteiger partial charge is 0.378 e. The Morgan fingerprint density at radius 2 is 2.00 bits per heavy atom. The maximum Gasteiger partial charge on any atom is 0.267 e. The minimum Gasteiger partial charge on any atom is -0.378 e. The summed E-state index contributed by atoms with van der Waals surface area (Å²) in [6.07, 6.45) is 0. The number of fused-ring (bicyclic) bond motifs is 1. The summed E-state index contributed by atoms with van der Waals surface area (Å²) in [4.78, 5) is 33.7. The molecule has 0 radical (unpaired) electrons. The molecule has 0 saturated carbocycles. The average molecular weight is 354 g/mol. The molecule has 1 aliphatic heterocycles. The van der Waals surface area contributed by atoms with Crippen molar-refractivity contribution in [1.82, 2.24) is 19.7 Å². The zero-order valence-electron chi connectivity index (χ0n) is 14.0. The quantitative estimate of drug-likeness (QED) is 0.711. The third-order valence-electron chi connectivity index (χ3n) is 4.13. The van der Waals surface area contributed by atoms with Gasteiger partial charge in [0.2, 0.25) is 11.9 Å². The van der Waals surface area contributed by atoms with Gasteiger partial charge in [-0.05, 0) is 18.2 Å². The van der Waals surface area contributed by atoms with Crippen LogP contribution in [0.25, 0.3) is 11.0 Å². The highest BCUT2D eigenvalue weighted by atomic mass is 16.5. The number of benzene rings is 1. The number of hydrogen-bond acceptors (Lipinski definition) is 6. The Morgan fingerprint density at radius 1 is 1.19 bits per heavy atom. The topological polar surface area (TPSA) is 105 Å². The van der Waals surface area contributed by atoms with E-state index in [9.17, 15) is 9.59 Å². The second-order valence-electron chi connectivity index (χ2n) is 5.94. The molecule has 4 rings (SSSR count). The van der Waals surface area contributed by atoms with Crippen molar-refractivity contribution in [2.75, 3.05) is 36.5 Å². The zero-order valence-corrected chi connectivity index (χ0v) is 14.0. The van der Waals surface area contributed by atoms with Crippen molar-refractivity contribution in [3.05, 3.63) is 46.8 Å². The molecule has 0 aliphatic carbocycles. The molecule has 0 bridgehead atoms. The molecule has 9 nitrogen and oxygen atoms in total. The lowest BCUT2D eigenvalue weighted by Gasteiger charge is -2.27. The molecule has 134 valence electrons. The molecule has 1 fully saturated rings. The van der Waals surface area contributed by atoms with Gasteiger partial charge in [-0.25, -0.2) is 9.67 Å². The molecule has 2 N–H and O–H groups in total. The molecule has 26 heavy (non-hydrogen) atoms. The summed E-state index contributed by atoms with van der Waals surface area (Å²) in [5.41, 5.74) is 1.25. The van der Waals surface area contributed by atoms with Gasteiger partial charge in [0, 0.05) is 19.2 Å². The van der Waals surface area contributed by atoms with Crippen molar-refractivity contribution in [3.8, 4) is 0 Å². The summed E-state index contributed by atoms with van der Waals surface area (Å²) in [5, 5.41) is 6.97. The van der Waals surface area contributed by atoms with E-state index in [1.165, 1.54) is 6.07 Å². The van der Waals surface area contributed by atoms with Gasteiger partial charge in [-0.2, -0.15) is 5.10 Å². The van der Waals surface area contributed by atoms with E-state index in [1.807, 2.05) is 29.2 Å². The maximum absolute atomic E-state index is 12.3. The van der Waals surface area contributed by atoms with Crippen molar-refractivity contribution in [3.63, 3.8) is 0 Å². The van der Waals surface area contributed by atoms with Gasteiger partial charge >= 0.3 is 0 Å². The second-order valence-corrected chi connectivity index (χ2v) is 5.94. The Bertz CT molecular complexity index is 956. The van der Waals surface area contributed by atoms with E-state index in [1.54, 1.807) is 6.07 Å². The number of H-pyrrole nitrogens is 1. The highest BCUT2D eigenvalue weighted by Crippen LogP contribution is 2.13. The van der Waals surface area contributed by atoms with Gasteiger partial charge in [-0.3, -0.25) is 14.9 Å². The van der Waals surface area contributed by atoms with E-state index < -0.39 is 0 Å². The summed E-state index contributed by atoms with van der Waals surface area (Å²) in [6.45, 7) is 2.46. The third-order valence-corrected chi connectivity index (χ3v) is 4.13. The van der Waals surface area contributed by atoms with Gasteiger partial charge < -0.3 is 14.6 Å². The molecule has 1 amide bonds. The molecule has 1 aromatic carbocycles. The van der Waals surface area contributed by atoms with Crippen LogP contribution in [-0.4, -0.2) is 52.0 Å². The minimum absolute atomic E-state index is 0.186. The van der Waals surface area contributed by atoms with Crippen molar-refractivity contribution < 1.29 is 9.53 Å². The number of aromatic nitrogens is 4. The van der Waals surface area contributed by atoms with Gasteiger partial charge in [0.25, 0.3) is 5.56 Å². The third kappa shape index (κ3) is 3.42. The number of rotatable bonds is 4. The number of hydrogen-bond donors (Lipinski definition) is 2. The smallest absolute Gasteiger partial charge is 0.267 e. The Morgan fingerprint density at radius 3 is 2.81 bits per heavy atom. The Labute approximate surface area is 148 Å². The van der Waals surface area contributed by atoms with Gasteiger partial charge in [0.1, 0.15) is 12.4 Å². The molecule has 1 aliphatic rings. The van der Waals surface area contributed by atoms with E-state index in [-0.39, 0.29) is 18.0 Å². The lowest BCUT2D eigenvalue weighted by molar-refractivity contribution is -0.117. The number of nitrogens with zero attached hydrogens (tertiary/aromatic N) is 4. The normalized spacial score (nSPS) is 14.5. The van der Waals surface area contributed by atoms with E-state index in [0.717, 1.165) is 15.7 Å². The predicted octanol–water partition coefficient (Wildman–Crippen LogP) is 0.595. The number of ether oxygens (including phenoxy) is 1. The first-order chi connectivity index (χ1) is 12.7. The molecule has 0 unspecified atom stereocenters. The monoisotopic (exact) mass is 354 g/mol. The number of carbonyl (C=O) groups excluding carboxylic acids is 1. The summed E-state index contributed by atoms with van der Waals surface area (Å²) in [7, 11) is 0. The van der Waals surface area contributed by atoms with Crippen LogP contribution in [-0.2, 0) is 16.1 Å². The highest BCUT2D eigenvalue weighted by Gasteiger charge is 2.15. The summed E-state index contributed by atoms with van der Waals surface area (Å²) in [5.74, 6) is 0.621. The molecule has 3 heterocycles. The van der Waals surface area contributed by atoms with Crippen LogP contribution >= 0.6 is 0 Å². The number of amides is 1. The van der Waals surface area contributed by atoms with Crippen LogP contribution in [0.4, 0.5) is 11.8 Å².